The van der Waals surface area contributed by atoms with E-state index in [0.29, 0.717) is 15.7 Å². The smallest absolute Gasteiger partial charge is 0.283 e. The van der Waals surface area contributed by atoms with Gasteiger partial charge in [0, 0.05) is 17.6 Å². The van der Waals surface area contributed by atoms with Gasteiger partial charge in [-0.05, 0) is 27.4 Å². The number of hydrogen-bond acceptors (Lipinski definition) is 3. The summed E-state index contributed by atoms with van der Waals surface area (Å²) in [6, 6.07) is 22.2. The lowest BCUT2D eigenvalue weighted by Crippen LogP contribution is -2.44. The topological polar surface area (TPSA) is 55.6 Å². The molecule has 0 aliphatic rings. The van der Waals surface area contributed by atoms with E-state index in [1.807, 2.05) is 63.2 Å². The number of rotatable bonds is 7. The molecular weight excluding hydrogens is 471 g/mol. The Labute approximate surface area is 208 Å². The molecule has 0 saturated carbocycles. The van der Waals surface area contributed by atoms with Crippen LogP contribution in [0.15, 0.2) is 66.7 Å². The first-order valence-corrected chi connectivity index (χ1v) is 12.9. The molecule has 0 saturated heterocycles. The summed E-state index contributed by atoms with van der Waals surface area (Å²) >= 11 is 13.6. The van der Waals surface area contributed by atoms with Crippen molar-refractivity contribution >= 4 is 54.2 Å². The molecule has 7 heteroatoms. The van der Waals surface area contributed by atoms with Crippen LogP contribution in [0.3, 0.4) is 0 Å². The van der Waals surface area contributed by atoms with Crippen molar-refractivity contribution in [2.24, 2.45) is 5.73 Å². The summed E-state index contributed by atoms with van der Waals surface area (Å²) in [6.45, 7) is 6.24. The van der Waals surface area contributed by atoms with E-state index < -0.39 is 9.04 Å². The Morgan fingerprint density at radius 3 is 1.97 bits per heavy atom. The second kappa shape index (κ2) is 10.8. The van der Waals surface area contributed by atoms with E-state index in [0.717, 1.165) is 21.5 Å². The van der Waals surface area contributed by atoms with E-state index in [1.54, 1.807) is 7.05 Å². The number of carbonyl (C=O) groups excluding carboxylic acids is 1. The lowest BCUT2D eigenvalue weighted by atomic mass is 9.85. The van der Waals surface area contributed by atoms with Gasteiger partial charge >= 0.3 is 0 Å². The molecule has 3 aromatic rings. The first kappa shape index (κ1) is 25.5. The highest BCUT2D eigenvalue weighted by atomic mass is 35.5. The van der Waals surface area contributed by atoms with Gasteiger partial charge in [0.15, 0.2) is 0 Å². The van der Waals surface area contributed by atoms with Crippen LogP contribution in [0.2, 0.25) is 10.0 Å². The maximum atomic E-state index is 12.5. The van der Waals surface area contributed by atoms with Gasteiger partial charge in [-0.15, -0.1) is 0 Å². The molecule has 173 valence electrons. The van der Waals surface area contributed by atoms with E-state index >= 15 is 0 Å². The van der Waals surface area contributed by atoms with Crippen molar-refractivity contribution in [3.8, 4) is 0 Å². The zero-order valence-corrected chi connectivity index (χ0v) is 21.9. The van der Waals surface area contributed by atoms with Gasteiger partial charge in [-0.1, -0.05) is 105 Å². The Bertz CT molecular complexity index is 1060. The van der Waals surface area contributed by atoms with Gasteiger partial charge in [0.2, 0.25) is 5.91 Å². The van der Waals surface area contributed by atoms with Crippen molar-refractivity contribution in [3.63, 3.8) is 0 Å². The summed E-state index contributed by atoms with van der Waals surface area (Å²) in [4.78, 5) is 14.0. The molecule has 0 atom stereocenters. The van der Waals surface area contributed by atoms with Crippen molar-refractivity contribution in [2.75, 3.05) is 18.5 Å². The van der Waals surface area contributed by atoms with Crippen LogP contribution < -0.4 is 21.0 Å². The Hall–Kier alpha value is -2.15. The molecule has 3 aromatic carbocycles. The number of likely N-dealkylation sites (N-methyl/N-ethyl adjacent to an activating group) is 1. The fraction of sp³-hybridized carbons (Fsp3) is 0.269. The summed E-state index contributed by atoms with van der Waals surface area (Å²) in [6.07, 6.45) is 0. The first-order chi connectivity index (χ1) is 15.6. The molecule has 33 heavy (non-hydrogen) atoms. The minimum atomic E-state index is -1.54. The highest BCUT2D eigenvalue weighted by Crippen LogP contribution is 2.43. The minimum Gasteiger partial charge on any atom is -0.403 e. The van der Waals surface area contributed by atoms with Crippen LogP contribution >= 0.6 is 23.2 Å². The molecule has 0 aliphatic carbocycles. The standard InChI is InChI=1S/C26H29Cl2N2O2Si/c1-26(2,3)23-21(27)15-18(25(24(23)28)30(4)22(31)16-29)17-32-33(19-11-7-5-8-12-19)20-13-9-6-10-14-20/h5-15H,16-17,29H2,1-4H3. The molecule has 0 fully saturated rings. The van der Waals surface area contributed by atoms with Crippen molar-refractivity contribution in [1.82, 2.24) is 0 Å². The molecule has 0 aliphatic heterocycles. The number of carbonyl (C=O) groups is 1. The number of benzene rings is 3. The molecule has 0 unspecified atom stereocenters. The highest BCUT2D eigenvalue weighted by molar-refractivity contribution is 6.80. The van der Waals surface area contributed by atoms with Crippen LogP contribution in [-0.2, 0) is 21.2 Å². The Morgan fingerprint density at radius 2 is 1.52 bits per heavy atom. The SMILES string of the molecule is CN(C(=O)CN)c1c(CO[Si](c2ccccc2)c2ccccc2)cc(Cl)c(C(C)(C)C)c1Cl. The van der Waals surface area contributed by atoms with Crippen LogP contribution in [0.1, 0.15) is 31.9 Å². The monoisotopic (exact) mass is 499 g/mol. The van der Waals surface area contributed by atoms with Gasteiger partial charge in [0.05, 0.1) is 23.9 Å². The van der Waals surface area contributed by atoms with Gasteiger partial charge in [-0.2, -0.15) is 0 Å². The number of amides is 1. The molecule has 2 N–H and O–H groups in total. The quantitative estimate of drug-likeness (QED) is 0.485. The summed E-state index contributed by atoms with van der Waals surface area (Å²) in [5.41, 5.74) is 7.47. The number of nitrogens with zero attached hydrogens (tertiary/aromatic N) is 1. The van der Waals surface area contributed by atoms with Gasteiger partial charge in [0.25, 0.3) is 9.04 Å². The van der Waals surface area contributed by atoms with Crippen LogP contribution in [0, 0.1) is 0 Å². The molecule has 3 rings (SSSR count). The number of hydrogen-bond donors (Lipinski definition) is 1. The molecule has 0 heterocycles. The van der Waals surface area contributed by atoms with Gasteiger partial charge in [-0.25, -0.2) is 0 Å². The third kappa shape index (κ3) is 5.86. The van der Waals surface area contributed by atoms with Crippen LogP contribution in [0.4, 0.5) is 5.69 Å². The number of halogens is 2. The Morgan fingerprint density at radius 1 is 1.00 bits per heavy atom. The van der Waals surface area contributed by atoms with Crippen molar-refractivity contribution in [3.05, 3.63) is 87.9 Å². The summed E-state index contributed by atoms with van der Waals surface area (Å²) in [7, 11) is 0.139. The fourth-order valence-corrected chi connectivity index (χ4v) is 6.89. The van der Waals surface area contributed by atoms with E-state index in [2.05, 4.69) is 24.3 Å². The van der Waals surface area contributed by atoms with Crippen LogP contribution in [-0.4, -0.2) is 28.5 Å². The van der Waals surface area contributed by atoms with Crippen LogP contribution in [0.25, 0.3) is 0 Å². The molecule has 4 nitrogen and oxygen atoms in total. The van der Waals surface area contributed by atoms with E-state index in [4.69, 9.17) is 33.4 Å². The lowest BCUT2D eigenvalue weighted by molar-refractivity contribution is -0.117. The molecular formula is C26H29Cl2N2O2Si. The Balaban J connectivity index is 2.07. The van der Waals surface area contributed by atoms with Crippen molar-refractivity contribution in [2.45, 2.75) is 32.8 Å². The average Bonchev–Trinajstić information content (AvgIpc) is 2.78. The predicted molar refractivity (Wildman–Crippen MR) is 140 cm³/mol. The molecule has 0 bridgehead atoms. The number of anilines is 1. The second-order valence-electron chi connectivity index (χ2n) is 8.81. The van der Waals surface area contributed by atoms with Crippen molar-refractivity contribution in [1.29, 1.82) is 0 Å². The zero-order valence-electron chi connectivity index (χ0n) is 19.4. The third-order valence-corrected chi connectivity index (χ3v) is 8.16. The summed E-state index contributed by atoms with van der Waals surface area (Å²) in [5, 5.41) is 3.26. The summed E-state index contributed by atoms with van der Waals surface area (Å²) < 4.78 is 6.56. The largest absolute Gasteiger partial charge is 0.403 e. The molecule has 0 aromatic heterocycles. The third-order valence-electron chi connectivity index (χ3n) is 5.35. The molecule has 0 spiro atoms. The second-order valence-corrected chi connectivity index (χ2v) is 11.7. The maximum absolute atomic E-state index is 12.5. The fourth-order valence-electron chi connectivity index (χ4n) is 3.74. The maximum Gasteiger partial charge on any atom is 0.283 e. The van der Waals surface area contributed by atoms with E-state index in [-0.39, 0.29) is 24.5 Å². The number of nitrogens with two attached hydrogens (primary N) is 1. The normalized spacial score (nSPS) is 11.6. The molecule has 1 amide bonds. The van der Waals surface area contributed by atoms with E-state index in [9.17, 15) is 4.79 Å². The Kier molecular flexibility index (Phi) is 8.37. The van der Waals surface area contributed by atoms with Gasteiger partial charge < -0.3 is 15.1 Å². The summed E-state index contributed by atoms with van der Waals surface area (Å²) in [5.74, 6) is -0.239. The van der Waals surface area contributed by atoms with Gasteiger partial charge in [-0.3, -0.25) is 4.79 Å². The van der Waals surface area contributed by atoms with Crippen LogP contribution in [0.5, 0.6) is 0 Å². The van der Waals surface area contributed by atoms with E-state index in [1.165, 1.54) is 4.90 Å². The minimum absolute atomic E-state index is 0.121. The molecule has 1 radical (unpaired) electrons. The average molecular weight is 501 g/mol. The van der Waals surface area contributed by atoms with Crippen molar-refractivity contribution < 1.29 is 9.22 Å². The first-order valence-electron chi connectivity index (χ1n) is 10.7. The van der Waals surface area contributed by atoms with Gasteiger partial charge in [0.1, 0.15) is 0 Å². The predicted octanol–water partition coefficient (Wildman–Crippen LogP) is 4.53. The highest BCUT2D eigenvalue weighted by Gasteiger charge is 2.29. The zero-order chi connectivity index (χ0) is 24.2. The lowest BCUT2D eigenvalue weighted by Gasteiger charge is -2.29.